The molecule has 26 heavy (non-hydrogen) atoms. The Morgan fingerprint density at radius 2 is 1.81 bits per heavy atom. The number of aryl methyl sites for hydroxylation is 1. The summed E-state index contributed by atoms with van der Waals surface area (Å²) < 4.78 is 0. The number of nitrogens with zero attached hydrogens (tertiary/aromatic N) is 4. The zero-order valence-corrected chi connectivity index (χ0v) is 14.7. The highest BCUT2D eigenvalue weighted by Crippen LogP contribution is 2.08. The number of carbonyl (C=O) groups is 2. The molecule has 3 rings (SSSR count). The van der Waals surface area contributed by atoms with Crippen LogP contribution in [0.4, 0.5) is 5.82 Å². The highest BCUT2D eigenvalue weighted by Gasteiger charge is 2.22. The summed E-state index contributed by atoms with van der Waals surface area (Å²) in [5.74, 6) is 0.527. The van der Waals surface area contributed by atoms with Crippen LogP contribution in [0.2, 0.25) is 0 Å². The molecular formula is C19H23N5O2. The maximum atomic E-state index is 12.4. The molecule has 2 aromatic rings. The average molecular weight is 353 g/mol. The fourth-order valence-corrected chi connectivity index (χ4v) is 2.89. The summed E-state index contributed by atoms with van der Waals surface area (Å²) in [6, 6.07) is 13.8. The van der Waals surface area contributed by atoms with Gasteiger partial charge in [0, 0.05) is 32.7 Å². The van der Waals surface area contributed by atoms with E-state index in [1.54, 1.807) is 21.9 Å². The van der Waals surface area contributed by atoms with Crippen LogP contribution < -0.4 is 5.32 Å². The first-order valence-electron chi connectivity index (χ1n) is 8.86. The number of hydrogen-bond acceptors (Lipinski definition) is 5. The van der Waals surface area contributed by atoms with Gasteiger partial charge in [0.2, 0.25) is 6.41 Å². The maximum absolute atomic E-state index is 12.4. The first-order valence-corrected chi connectivity index (χ1v) is 8.86. The van der Waals surface area contributed by atoms with Crippen LogP contribution in [0.3, 0.4) is 0 Å². The predicted molar refractivity (Wildman–Crippen MR) is 98.8 cm³/mol. The Kier molecular flexibility index (Phi) is 6.14. The zero-order chi connectivity index (χ0) is 18.2. The lowest BCUT2D eigenvalue weighted by molar-refractivity contribution is -0.119. The summed E-state index contributed by atoms with van der Waals surface area (Å²) in [6.07, 6.45) is 2.82. The molecule has 136 valence electrons. The number of benzene rings is 1. The molecule has 0 saturated carbocycles. The van der Waals surface area contributed by atoms with Crippen LogP contribution in [0.1, 0.15) is 22.5 Å². The van der Waals surface area contributed by atoms with E-state index in [-0.39, 0.29) is 5.91 Å². The van der Waals surface area contributed by atoms with Gasteiger partial charge in [-0.25, -0.2) is 0 Å². The van der Waals surface area contributed by atoms with Crippen molar-refractivity contribution in [3.63, 3.8) is 0 Å². The Labute approximate surface area is 153 Å². The minimum Gasteiger partial charge on any atom is -0.369 e. The lowest BCUT2D eigenvalue weighted by atomic mass is 10.1. The highest BCUT2D eigenvalue weighted by molar-refractivity contribution is 5.92. The van der Waals surface area contributed by atoms with Gasteiger partial charge in [-0.05, 0) is 30.5 Å². The monoisotopic (exact) mass is 353 g/mol. The van der Waals surface area contributed by atoms with E-state index in [1.807, 2.05) is 18.2 Å². The van der Waals surface area contributed by atoms with Crippen LogP contribution in [-0.2, 0) is 11.2 Å². The number of amides is 2. The molecule has 7 heteroatoms. The first-order chi connectivity index (χ1) is 12.8. The molecular weight excluding hydrogens is 330 g/mol. The first kappa shape index (κ1) is 17.8. The van der Waals surface area contributed by atoms with Gasteiger partial charge in [0.15, 0.2) is 5.69 Å². The van der Waals surface area contributed by atoms with Crippen LogP contribution >= 0.6 is 0 Å². The Morgan fingerprint density at radius 3 is 2.46 bits per heavy atom. The number of rotatable bonds is 7. The smallest absolute Gasteiger partial charge is 0.274 e. The summed E-state index contributed by atoms with van der Waals surface area (Å²) in [5, 5.41) is 11.4. The Morgan fingerprint density at radius 1 is 1.04 bits per heavy atom. The summed E-state index contributed by atoms with van der Waals surface area (Å²) in [6.45, 7) is 2.97. The van der Waals surface area contributed by atoms with Gasteiger partial charge in [-0.15, -0.1) is 10.2 Å². The van der Waals surface area contributed by atoms with Crippen molar-refractivity contribution < 1.29 is 9.59 Å². The Balaban J connectivity index is 1.44. The third-order valence-corrected chi connectivity index (χ3v) is 4.43. The van der Waals surface area contributed by atoms with Crippen molar-refractivity contribution in [2.24, 2.45) is 0 Å². The van der Waals surface area contributed by atoms with E-state index in [1.165, 1.54) is 5.56 Å². The fraction of sp³-hybridized carbons (Fsp3) is 0.368. The van der Waals surface area contributed by atoms with Crippen molar-refractivity contribution in [1.29, 1.82) is 0 Å². The molecule has 1 aromatic carbocycles. The van der Waals surface area contributed by atoms with E-state index in [0.29, 0.717) is 37.7 Å². The topological polar surface area (TPSA) is 78.4 Å². The Hall–Kier alpha value is -2.96. The molecule has 0 aliphatic carbocycles. The number of aromatic nitrogens is 2. The summed E-state index contributed by atoms with van der Waals surface area (Å²) in [5.41, 5.74) is 1.65. The van der Waals surface area contributed by atoms with E-state index in [0.717, 1.165) is 25.8 Å². The molecule has 7 nitrogen and oxygen atoms in total. The molecule has 1 aromatic heterocycles. The lowest BCUT2D eigenvalue weighted by Gasteiger charge is -2.32. The number of carbonyl (C=O) groups excluding carboxylic acids is 2. The van der Waals surface area contributed by atoms with Gasteiger partial charge in [0.25, 0.3) is 5.91 Å². The van der Waals surface area contributed by atoms with Gasteiger partial charge in [0.1, 0.15) is 5.82 Å². The largest absolute Gasteiger partial charge is 0.369 e. The quantitative estimate of drug-likeness (QED) is 0.602. The maximum Gasteiger partial charge on any atom is 0.274 e. The summed E-state index contributed by atoms with van der Waals surface area (Å²) >= 11 is 0. The van der Waals surface area contributed by atoms with Crippen molar-refractivity contribution in [2.45, 2.75) is 12.8 Å². The van der Waals surface area contributed by atoms with Crippen molar-refractivity contribution in [2.75, 3.05) is 38.0 Å². The number of anilines is 1. The molecule has 1 aliphatic rings. The molecule has 0 unspecified atom stereocenters. The summed E-state index contributed by atoms with van der Waals surface area (Å²) in [4.78, 5) is 26.5. The minimum absolute atomic E-state index is 0.140. The third-order valence-electron chi connectivity index (χ3n) is 4.43. The highest BCUT2D eigenvalue weighted by atomic mass is 16.2. The van der Waals surface area contributed by atoms with E-state index in [9.17, 15) is 9.59 Å². The van der Waals surface area contributed by atoms with Crippen LogP contribution in [0.15, 0.2) is 42.5 Å². The number of nitrogens with one attached hydrogen (secondary N) is 1. The molecule has 1 aliphatic heterocycles. The van der Waals surface area contributed by atoms with E-state index in [2.05, 4.69) is 27.6 Å². The van der Waals surface area contributed by atoms with E-state index >= 15 is 0 Å². The second-order valence-corrected chi connectivity index (χ2v) is 6.25. The van der Waals surface area contributed by atoms with Gasteiger partial charge in [-0.1, -0.05) is 30.3 Å². The third kappa shape index (κ3) is 4.78. The molecule has 2 heterocycles. The molecule has 0 spiro atoms. The average Bonchev–Trinajstić information content (AvgIpc) is 2.72. The lowest BCUT2D eigenvalue weighted by Crippen LogP contribution is -2.48. The van der Waals surface area contributed by atoms with Crippen LogP contribution in [0, 0.1) is 0 Å². The molecule has 0 bridgehead atoms. The second kappa shape index (κ2) is 8.94. The fourth-order valence-electron chi connectivity index (χ4n) is 2.89. The zero-order valence-electron chi connectivity index (χ0n) is 14.7. The SMILES string of the molecule is O=CN1CCN(C(=O)c2ccc(NCCCc3ccccc3)nn2)CC1. The summed E-state index contributed by atoms with van der Waals surface area (Å²) in [7, 11) is 0. The molecule has 2 amide bonds. The molecule has 1 N–H and O–H groups in total. The van der Waals surface area contributed by atoms with Crippen molar-refractivity contribution >= 4 is 18.1 Å². The van der Waals surface area contributed by atoms with Crippen molar-refractivity contribution in [1.82, 2.24) is 20.0 Å². The van der Waals surface area contributed by atoms with Crippen molar-refractivity contribution in [3.8, 4) is 0 Å². The van der Waals surface area contributed by atoms with Gasteiger partial charge < -0.3 is 15.1 Å². The second-order valence-electron chi connectivity index (χ2n) is 6.25. The van der Waals surface area contributed by atoms with Crippen LogP contribution in [0.25, 0.3) is 0 Å². The number of hydrogen-bond donors (Lipinski definition) is 1. The van der Waals surface area contributed by atoms with Gasteiger partial charge >= 0.3 is 0 Å². The number of piperazine rings is 1. The molecule has 1 fully saturated rings. The standard InChI is InChI=1S/C19H23N5O2/c25-15-23-11-13-24(14-12-23)19(26)17-8-9-18(22-21-17)20-10-4-7-16-5-2-1-3-6-16/h1-3,5-6,8-9,15H,4,7,10-14H2,(H,20,22). The molecule has 0 atom stereocenters. The van der Waals surface area contributed by atoms with E-state index < -0.39 is 0 Å². The van der Waals surface area contributed by atoms with Crippen LogP contribution in [0.5, 0.6) is 0 Å². The van der Waals surface area contributed by atoms with Gasteiger partial charge in [0.05, 0.1) is 0 Å². The normalized spacial score (nSPS) is 14.2. The minimum atomic E-state index is -0.140. The van der Waals surface area contributed by atoms with Crippen molar-refractivity contribution in [3.05, 3.63) is 53.7 Å². The Bertz CT molecular complexity index is 712. The van der Waals surface area contributed by atoms with E-state index in [4.69, 9.17) is 0 Å². The molecule has 0 radical (unpaired) electrons. The predicted octanol–water partition coefficient (Wildman–Crippen LogP) is 1.44. The van der Waals surface area contributed by atoms with Crippen LogP contribution in [-0.4, -0.2) is 65.0 Å². The molecule has 1 saturated heterocycles. The van der Waals surface area contributed by atoms with Gasteiger partial charge in [-0.2, -0.15) is 0 Å². The van der Waals surface area contributed by atoms with Gasteiger partial charge in [-0.3, -0.25) is 9.59 Å².